The Morgan fingerprint density at radius 3 is 2.88 bits per heavy atom. The molecule has 1 aliphatic carbocycles. The average molecular weight is 276 g/mol. The number of nitrogens with one attached hydrogen (secondary N) is 1. The molecule has 17 heavy (non-hydrogen) atoms. The first-order valence-electron chi connectivity index (χ1n) is 5.92. The molecule has 1 saturated carbocycles. The first-order chi connectivity index (χ1) is 7.72. The molecular weight excluding hydrogens is 257 g/mol. The Labute approximate surface area is 114 Å². The van der Waals surface area contributed by atoms with E-state index in [2.05, 4.69) is 12.2 Å². The van der Waals surface area contributed by atoms with Crippen LogP contribution in [0.1, 0.15) is 31.7 Å². The Hall–Kier alpha value is -0.440. The maximum atomic E-state index is 9.67. The summed E-state index contributed by atoms with van der Waals surface area (Å²) in [4.78, 5) is 0. The lowest BCUT2D eigenvalue weighted by Crippen LogP contribution is -2.17. The van der Waals surface area contributed by atoms with Gasteiger partial charge in [-0.05, 0) is 30.9 Å². The summed E-state index contributed by atoms with van der Waals surface area (Å²) in [5.41, 5.74) is 0.811. The minimum atomic E-state index is 0. The monoisotopic (exact) mass is 275 g/mol. The summed E-state index contributed by atoms with van der Waals surface area (Å²) in [6.45, 7) is 2.88. The van der Waals surface area contributed by atoms with Crippen molar-refractivity contribution >= 4 is 24.0 Å². The molecule has 0 aromatic heterocycles. The van der Waals surface area contributed by atoms with Crippen molar-refractivity contribution < 1.29 is 5.11 Å². The Bertz CT molecular complexity index is 350. The number of hydrogen-bond acceptors (Lipinski definition) is 2. The van der Waals surface area contributed by atoms with Crippen LogP contribution in [0.2, 0.25) is 5.02 Å². The van der Waals surface area contributed by atoms with Crippen molar-refractivity contribution in [1.82, 2.24) is 5.32 Å². The first kappa shape index (κ1) is 14.6. The van der Waals surface area contributed by atoms with Gasteiger partial charge in [0.2, 0.25) is 0 Å². The number of phenols is 1. The van der Waals surface area contributed by atoms with Crippen LogP contribution in [0.15, 0.2) is 18.2 Å². The molecule has 2 unspecified atom stereocenters. The fourth-order valence-corrected chi connectivity index (χ4v) is 2.38. The topological polar surface area (TPSA) is 32.3 Å². The second-order valence-corrected chi connectivity index (χ2v) is 4.92. The largest absolute Gasteiger partial charge is 0.508 e. The summed E-state index contributed by atoms with van der Waals surface area (Å²) in [6, 6.07) is 5.88. The standard InChI is InChI=1S/C13H18ClNO.ClH/c1-2-4-9-7-12(9)15-8-10-11(14)5-3-6-13(10)16;/h3,5-6,9,12,15-16H,2,4,7-8H2,1H3;1H. The predicted octanol–water partition coefficient (Wildman–Crippen LogP) is 3.75. The Kier molecular flexibility index (Phi) is 5.57. The van der Waals surface area contributed by atoms with E-state index in [4.69, 9.17) is 11.6 Å². The van der Waals surface area contributed by atoms with Crippen molar-refractivity contribution in [3.63, 3.8) is 0 Å². The first-order valence-corrected chi connectivity index (χ1v) is 6.30. The fraction of sp³-hybridized carbons (Fsp3) is 0.538. The summed E-state index contributed by atoms with van der Waals surface area (Å²) in [6.07, 6.45) is 3.81. The van der Waals surface area contributed by atoms with Crippen LogP contribution in [0, 0.1) is 5.92 Å². The molecule has 1 aromatic carbocycles. The molecule has 0 spiro atoms. The zero-order valence-corrected chi connectivity index (χ0v) is 11.5. The number of benzene rings is 1. The quantitative estimate of drug-likeness (QED) is 0.858. The molecule has 1 aromatic rings. The molecule has 2 nitrogen and oxygen atoms in total. The van der Waals surface area contributed by atoms with E-state index in [1.54, 1.807) is 12.1 Å². The Morgan fingerprint density at radius 1 is 1.47 bits per heavy atom. The number of halogens is 2. The molecule has 2 rings (SSSR count). The zero-order valence-electron chi connectivity index (χ0n) is 9.95. The zero-order chi connectivity index (χ0) is 11.5. The molecule has 0 aliphatic heterocycles. The van der Waals surface area contributed by atoms with Crippen LogP contribution < -0.4 is 5.32 Å². The summed E-state index contributed by atoms with van der Waals surface area (Å²) in [5, 5.41) is 13.8. The van der Waals surface area contributed by atoms with Crippen molar-refractivity contribution in [3.8, 4) is 5.75 Å². The molecule has 2 atom stereocenters. The molecule has 0 radical (unpaired) electrons. The molecule has 1 aliphatic rings. The molecular formula is C13H19Cl2NO. The normalized spacial score (nSPS) is 22.0. The van der Waals surface area contributed by atoms with Gasteiger partial charge in [0.15, 0.2) is 0 Å². The van der Waals surface area contributed by atoms with Gasteiger partial charge in [-0.3, -0.25) is 0 Å². The van der Waals surface area contributed by atoms with E-state index in [1.807, 2.05) is 6.07 Å². The van der Waals surface area contributed by atoms with Gasteiger partial charge >= 0.3 is 0 Å². The van der Waals surface area contributed by atoms with E-state index in [-0.39, 0.29) is 18.2 Å². The summed E-state index contributed by atoms with van der Waals surface area (Å²) < 4.78 is 0. The van der Waals surface area contributed by atoms with E-state index in [0.29, 0.717) is 17.6 Å². The third-order valence-corrected chi connectivity index (χ3v) is 3.57. The minimum Gasteiger partial charge on any atom is -0.508 e. The molecule has 4 heteroatoms. The number of aromatic hydroxyl groups is 1. The van der Waals surface area contributed by atoms with E-state index in [1.165, 1.54) is 19.3 Å². The predicted molar refractivity (Wildman–Crippen MR) is 74.0 cm³/mol. The van der Waals surface area contributed by atoms with Crippen LogP contribution in [0.25, 0.3) is 0 Å². The van der Waals surface area contributed by atoms with Gasteiger partial charge in [-0.1, -0.05) is 31.0 Å². The summed E-state index contributed by atoms with van der Waals surface area (Å²) >= 11 is 6.03. The van der Waals surface area contributed by atoms with Crippen molar-refractivity contribution in [2.45, 2.75) is 38.8 Å². The maximum Gasteiger partial charge on any atom is 0.121 e. The van der Waals surface area contributed by atoms with E-state index in [0.717, 1.165) is 11.5 Å². The van der Waals surface area contributed by atoms with Crippen LogP contribution in [0.5, 0.6) is 5.75 Å². The second kappa shape index (κ2) is 6.48. The SMILES string of the molecule is CCCC1CC1NCc1c(O)cccc1Cl.Cl. The Morgan fingerprint density at radius 2 is 2.24 bits per heavy atom. The van der Waals surface area contributed by atoms with E-state index in [9.17, 15) is 5.11 Å². The van der Waals surface area contributed by atoms with Gasteiger partial charge in [0.1, 0.15) is 5.75 Å². The van der Waals surface area contributed by atoms with Gasteiger partial charge in [-0.25, -0.2) is 0 Å². The van der Waals surface area contributed by atoms with E-state index >= 15 is 0 Å². The van der Waals surface area contributed by atoms with Crippen LogP contribution >= 0.6 is 24.0 Å². The van der Waals surface area contributed by atoms with Gasteiger partial charge in [0, 0.05) is 23.2 Å². The van der Waals surface area contributed by atoms with Gasteiger partial charge in [-0.2, -0.15) is 0 Å². The van der Waals surface area contributed by atoms with Crippen molar-refractivity contribution in [1.29, 1.82) is 0 Å². The smallest absolute Gasteiger partial charge is 0.121 e. The van der Waals surface area contributed by atoms with Crippen molar-refractivity contribution in [2.24, 2.45) is 5.92 Å². The third kappa shape index (κ3) is 3.77. The van der Waals surface area contributed by atoms with Crippen molar-refractivity contribution in [3.05, 3.63) is 28.8 Å². The molecule has 0 amide bonds. The lowest BCUT2D eigenvalue weighted by molar-refractivity contribution is 0.463. The molecule has 0 heterocycles. The lowest BCUT2D eigenvalue weighted by atomic mass is 10.2. The van der Waals surface area contributed by atoms with Crippen molar-refractivity contribution in [2.75, 3.05) is 0 Å². The fourth-order valence-electron chi connectivity index (χ4n) is 2.14. The Balaban J connectivity index is 0.00000144. The van der Waals surface area contributed by atoms with E-state index < -0.39 is 0 Å². The summed E-state index contributed by atoms with van der Waals surface area (Å²) in [5.74, 6) is 1.11. The van der Waals surface area contributed by atoms with Gasteiger partial charge < -0.3 is 10.4 Å². The van der Waals surface area contributed by atoms with Crippen LogP contribution in [-0.2, 0) is 6.54 Å². The molecule has 1 fully saturated rings. The molecule has 2 N–H and O–H groups in total. The maximum absolute atomic E-state index is 9.67. The highest BCUT2D eigenvalue weighted by Crippen LogP contribution is 2.35. The highest BCUT2D eigenvalue weighted by Gasteiger charge is 2.35. The molecule has 96 valence electrons. The number of phenolic OH excluding ortho intramolecular Hbond substituents is 1. The third-order valence-electron chi connectivity index (χ3n) is 3.22. The highest BCUT2D eigenvalue weighted by molar-refractivity contribution is 6.31. The minimum absolute atomic E-state index is 0. The molecule has 0 bridgehead atoms. The van der Waals surface area contributed by atoms with Crippen LogP contribution in [0.3, 0.4) is 0 Å². The summed E-state index contributed by atoms with van der Waals surface area (Å²) in [7, 11) is 0. The van der Waals surface area contributed by atoms with Crippen LogP contribution in [0.4, 0.5) is 0 Å². The van der Waals surface area contributed by atoms with Gasteiger partial charge in [0.25, 0.3) is 0 Å². The average Bonchev–Trinajstić information content (AvgIpc) is 2.97. The second-order valence-electron chi connectivity index (χ2n) is 4.51. The molecule has 0 saturated heterocycles. The number of rotatable bonds is 5. The number of hydrogen-bond donors (Lipinski definition) is 2. The van der Waals surface area contributed by atoms with Gasteiger partial charge in [0.05, 0.1) is 0 Å². The van der Waals surface area contributed by atoms with Gasteiger partial charge in [-0.15, -0.1) is 12.4 Å². The highest BCUT2D eigenvalue weighted by atomic mass is 35.5. The van der Waals surface area contributed by atoms with Crippen LogP contribution in [-0.4, -0.2) is 11.1 Å². The lowest BCUT2D eigenvalue weighted by Gasteiger charge is -2.08.